The molecule has 0 bridgehead atoms. The minimum Gasteiger partial charge on any atom is -0.354 e. The van der Waals surface area contributed by atoms with E-state index in [0.29, 0.717) is 13.0 Å². The molecular formula is C14H21FN2O. The second kappa shape index (κ2) is 7.11. The maximum atomic E-state index is 12.7. The van der Waals surface area contributed by atoms with Crippen LogP contribution in [0.3, 0.4) is 0 Å². The van der Waals surface area contributed by atoms with Gasteiger partial charge in [-0.25, -0.2) is 4.39 Å². The molecule has 0 aliphatic heterocycles. The van der Waals surface area contributed by atoms with Crippen molar-refractivity contribution >= 4 is 5.91 Å². The third kappa shape index (κ3) is 4.45. The number of carbonyl (C=O) groups is 1. The van der Waals surface area contributed by atoms with Gasteiger partial charge in [-0.1, -0.05) is 32.4 Å². The van der Waals surface area contributed by atoms with E-state index in [1.807, 2.05) is 13.8 Å². The van der Waals surface area contributed by atoms with Crippen LogP contribution < -0.4 is 11.1 Å². The number of nitrogens with two attached hydrogens (primary N) is 1. The van der Waals surface area contributed by atoms with E-state index in [4.69, 9.17) is 5.73 Å². The Hall–Kier alpha value is -1.42. The van der Waals surface area contributed by atoms with Gasteiger partial charge in [0.2, 0.25) is 5.91 Å². The first-order valence-corrected chi connectivity index (χ1v) is 6.32. The number of benzene rings is 1. The number of hydrogen-bond donors (Lipinski definition) is 2. The first kappa shape index (κ1) is 14.6. The van der Waals surface area contributed by atoms with Crippen LogP contribution >= 0.6 is 0 Å². The van der Waals surface area contributed by atoms with Gasteiger partial charge in [0, 0.05) is 6.54 Å². The molecule has 100 valence electrons. The number of halogens is 1. The lowest BCUT2D eigenvalue weighted by Crippen LogP contribution is -2.45. The number of amides is 1. The van der Waals surface area contributed by atoms with E-state index in [1.54, 1.807) is 12.1 Å². The highest BCUT2D eigenvalue weighted by molar-refractivity contribution is 5.81. The predicted octanol–water partition coefficient (Wildman–Crippen LogP) is 1.86. The lowest BCUT2D eigenvalue weighted by Gasteiger charge is -2.17. The third-order valence-electron chi connectivity index (χ3n) is 3.19. The molecule has 3 N–H and O–H groups in total. The lowest BCUT2D eigenvalue weighted by atomic mass is 9.99. The van der Waals surface area contributed by atoms with Gasteiger partial charge in [0.25, 0.3) is 0 Å². The minimum absolute atomic E-state index is 0.119. The van der Waals surface area contributed by atoms with Gasteiger partial charge >= 0.3 is 0 Å². The average molecular weight is 252 g/mol. The molecule has 1 aromatic rings. The molecule has 1 amide bonds. The number of nitrogens with one attached hydrogen (secondary N) is 1. The molecule has 0 aliphatic rings. The summed E-state index contributed by atoms with van der Waals surface area (Å²) in [6.45, 7) is 4.50. The number of hydrogen-bond acceptors (Lipinski definition) is 2. The summed E-state index contributed by atoms with van der Waals surface area (Å²) in [5.74, 6) is -0.191. The fraction of sp³-hybridized carbons (Fsp3) is 0.500. The normalized spacial score (nSPS) is 14.0. The minimum atomic E-state index is -0.455. The Balaban J connectivity index is 2.33. The molecule has 0 saturated heterocycles. The topological polar surface area (TPSA) is 55.1 Å². The first-order valence-electron chi connectivity index (χ1n) is 6.32. The Morgan fingerprint density at radius 2 is 2.00 bits per heavy atom. The van der Waals surface area contributed by atoms with Crippen LogP contribution in [0.15, 0.2) is 24.3 Å². The zero-order valence-electron chi connectivity index (χ0n) is 10.9. The van der Waals surface area contributed by atoms with Crippen LogP contribution in [0.25, 0.3) is 0 Å². The molecule has 0 heterocycles. The largest absolute Gasteiger partial charge is 0.354 e. The van der Waals surface area contributed by atoms with Crippen LogP contribution in [0.4, 0.5) is 4.39 Å². The molecule has 0 aromatic heterocycles. The highest BCUT2D eigenvalue weighted by atomic mass is 19.1. The van der Waals surface area contributed by atoms with Gasteiger partial charge in [-0.2, -0.15) is 0 Å². The molecule has 4 heteroatoms. The average Bonchev–Trinajstić information content (AvgIpc) is 2.39. The zero-order valence-corrected chi connectivity index (χ0v) is 10.9. The van der Waals surface area contributed by atoms with Gasteiger partial charge in [0.15, 0.2) is 0 Å². The van der Waals surface area contributed by atoms with Crippen LogP contribution in [0.2, 0.25) is 0 Å². The number of rotatable bonds is 6. The Bertz CT molecular complexity index is 378. The van der Waals surface area contributed by atoms with Crippen molar-refractivity contribution in [1.29, 1.82) is 0 Å². The standard InChI is InChI=1S/C14H21FN2O/c1-3-10(2)13(16)14(18)17-9-8-11-4-6-12(15)7-5-11/h4-7,10,13H,3,8-9,16H2,1-2H3,(H,17,18). The van der Waals surface area contributed by atoms with Crippen molar-refractivity contribution in [1.82, 2.24) is 5.32 Å². The smallest absolute Gasteiger partial charge is 0.237 e. The zero-order chi connectivity index (χ0) is 13.5. The van der Waals surface area contributed by atoms with Gasteiger partial charge < -0.3 is 11.1 Å². The lowest BCUT2D eigenvalue weighted by molar-refractivity contribution is -0.123. The van der Waals surface area contributed by atoms with Crippen molar-refractivity contribution in [3.63, 3.8) is 0 Å². The summed E-state index contributed by atoms with van der Waals surface area (Å²) in [7, 11) is 0. The molecule has 0 radical (unpaired) electrons. The van der Waals surface area contributed by atoms with Crippen molar-refractivity contribution in [2.24, 2.45) is 11.7 Å². The molecule has 18 heavy (non-hydrogen) atoms. The summed E-state index contributed by atoms with van der Waals surface area (Å²) in [6.07, 6.45) is 1.56. The van der Waals surface area contributed by atoms with Gasteiger partial charge in [0.1, 0.15) is 5.82 Å². The molecule has 1 aromatic carbocycles. The van der Waals surface area contributed by atoms with E-state index >= 15 is 0 Å². The Morgan fingerprint density at radius 3 is 2.56 bits per heavy atom. The summed E-state index contributed by atoms with van der Waals surface area (Å²) in [5.41, 5.74) is 6.80. The van der Waals surface area contributed by atoms with Crippen molar-refractivity contribution < 1.29 is 9.18 Å². The van der Waals surface area contributed by atoms with Gasteiger partial charge in [-0.15, -0.1) is 0 Å². The fourth-order valence-corrected chi connectivity index (χ4v) is 1.61. The Morgan fingerprint density at radius 1 is 1.39 bits per heavy atom. The third-order valence-corrected chi connectivity index (χ3v) is 3.19. The SMILES string of the molecule is CCC(C)C(N)C(=O)NCCc1ccc(F)cc1. The quantitative estimate of drug-likeness (QED) is 0.812. The van der Waals surface area contributed by atoms with Crippen LogP contribution in [0, 0.1) is 11.7 Å². The summed E-state index contributed by atoms with van der Waals surface area (Å²) < 4.78 is 12.7. The first-order chi connectivity index (χ1) is 8.54. The molecule has 1 rings (SSSR count). The molecule has 0 spiro atoms. The molecule has 3 nitrogen and oxygen atoms in total. The molecule has 2 unspecified atom stereocenters. The summed E-state index contributed by atoms with van der Waals surface area (Å²) in [6, 6.07) is 5.82. The maximum absolute atomic E-state index is 12.7. The molecular weight excluding hydrogens is 231 g/mol. The van der Waals surface area contributed by atoms with E-state index in [1.165, 1.54) is 12.1 Å². The molecule has 2 atom stereocenters. The van der Waals surface area contributed by atoms with Crippen molar-refractivity contribution in [2.45, 2.75) is 32.7 Å². The highest BCUT2D eigenvalue weighted by Crippen LogP contribution is 2.05. The fourth-order valence-electron chi connectivity index (χ4n) is 1.61. The molecule has 0 saturated carbocycles. The van der Waals surface area contributed by atoms with Gasteiger partial charge in [-0.3, -0.25) is 4.79 Å². The summed E-state index contributed by atoms with van der Waals surface area (Å²) in [5, 5.41) is 2.80. The monoisotopic (exact) mass is 252 g/mol. The Labute approximate surface area is 108 Å². The van der Waals surface area contributed by atoms with Crippen molar-refractivity contribution in [2.75, 3.05) is 6.54 Å². The maximum Gasteiger partial charge on any atom is 0.237 e. The summed E-state index contributed by atoms with van der Waals surface area (Å²) in [4.78, 5) is 11.7. The number of carbonyl (C=O) groups excluding carboxylic acids is 1. The van der Waals surface area contributed by atoms with Crippen LogP contribution in [0.5, 0.6) is 0 Å². The van der Waals surface area contributed by atoms with Crippen molar-refractivity contribution in [3.05, 3.63) is 35.6 Å². The van der Waals surface area contributed by atoms with E-state index in [0.717, 1.165) is 12.0 Å². The summed E-state index contributed by atoms with van der Waals surface area (Å²) >= 11 is 0. The van der Waals surface area contributed by atoms with Gasteiger partial charge in [-0.05, 0) is 30.0 Å². The second-order valence-electron chi connectivity index (χ2n) is 4.58. The Kier molecular flexibility index (Phi) is 5.78. The second-order valence-corrected chi connectivity index (χ2v) is 4.58. The van der Waals surface area contributed by atoms with E-state index in [2.05, 4.69) is 5.32 Å². The van der Waals surface area contributed by atoms with Crippen molar-refractivity contribution in [3.8, 4) is 0 Å². The van der Waals surface area contributed by atoms with Crippen LogP contribution in [0.1, 0.15) is 25.8 Å². The molecule has 0 aliphatic carbocycles. The highest BCUT2D eigenvalue weighted by Gasteiger charge is 2.18. The van der Waals surface area contributed by atoms with E-state index < -0.39 is 6.04 Å². The molecule has 0 fully saturated rings. The van der Waals surface area contributed by atoms with Crippen LogP contribution in [-0.2, 0) is 11.2 Å². The predicted molar refractivity (Wildman–Crippen MR) is 70.5 cm³/mol. The van der Waals surface area contributed by atoms with E-state index in [-0.39, 0.29) is 17.6 Å². The van der Waals surface area contributed by atoms with Crippen LogP contribution in [-0.4, -0.2) is 18.5 Å². The van der Waals surface area contributed by atoms with E-state index in [9.17, 15) is 9.18 Å². The van der Waals surface area contributed by atoms with Gasteiger partial charge in [0.05, 0.1) is 6.04 Å².